The van der Waals surface area contributed by atoms with E-state index in [1.807, 2.05) is 0 Å². The Kier molecular flexibility index (Phi) is 4.19. The first-order valence-corrected chi connectivity index (χ1v) is 6.14. The van der Waals surface area contributed by atoms with Crippen LogP contribution in [-0.4, -0.2) is 54.2 Å². The minimum Gasteiger partial charge on any atom is -0.411 e. The van der Waals surface area contributed by atoms with Crippen LogP contribution in [0.2, 0.25) is 0 Å². The van der Waals surface area contributed by atoms with Gasteiger partial charge in [-0.25, -0.2) is 4.79 Å². The van der Waals surface area contributed by atoms with Crippen molar-refractivity contribution in [1.29, 1.82) is 0 Å². The molecule has 2 aliphatic rings. The molecule has 2 amide bonds. The van der Waals surface area contributed by atoms with E-state index in [-0.39, 0.29) is 12.1 Å². The fourth-order valence-electron chi connectivity index (χ4n) is 2.25. The molecule has 0 spiro atoms. The van der Waals surface area contributed by atoms with Crippen LogP contribution in [-0.2, 0) is 4.74 Å². The number of ether oxygens (including phenoxy) is 1. The van der Waals surface area contributed by atoms with E-state index in [9.17, 15) is 4.79 Å². The molecule has 2 fully saturated rings. The Morgan fingerprint density at radius 2 is 2.24 bits per heavy atom. The van der Waals surface area contributed by atoms with Crippen molar-refractivity contribution in [2.75, 3.05) is 26.2 Å². The van der Waals surface area contributed by atoms with Gasteiger partial charge in [0.2, 0.25) is 0 Å². The summed E-state index contributed by atoms with van der Waals surface area (Å²) in [5.74, 6) is 0. The number of oxime groups is 1. The number of nitrogens with zero attached hydrogens (tertiary/aromatic N) is 2. The number of amides is 2. The molecule has 0 bridgehead atoms. The Morgan fingerprint density at radius 3 is 2.82 bits per heavy atom. The highest BCUT2D eigenvalue weighted by atomic mass is 16.5. The number of carbonyl (C=O) groups excluding carboxylic acids is 1. The summed E-state index contributed by atoms with van der Waals surface area (Å²) in [5, 5.41) is 14.6. The van der Waals surface area contributed by atoms with E-state index in [1.165, 1.54) is 0 Å². The van der Waals surface area contributed by atoms with Gasteiger partial charge >= 0.3 is 6.03 Å². The smallest absolute Gasteiger partial charge is 0.317 e. The average Bonchev–Trinajstić information content (AvgIpc) is 2.76. The SMILES string of the molecule is O=C1NCCN1CCOC1CCC(=NO)CC1. The zero-order valence-electron chi connectivity index (χ0n) is 9.89. The molecular weight excluding hydrogens is 222 g/mol. The van der Waals surface area contributed by atoms with Crippen LogP contribution in [0.5, 0.6) is 0 Å². The molecule has 1 saturated heterocycles. The second-order valence-corrected chi connectivity index (χ2v) is 4.46. The third kappa shape index (κ3) is 3.33. The summed E-state index contributed by atoms with van der Waals surface area (Å²) in [6.45, 7) is 2.75. The van der Waals surface area contributed by atoms with E-state index < -0.39 is 0 Å². The van der Waals surface area contributed by atoms with E-state index in [1.54, 1.807) is 4.90 Å². The molecule has 6 heteroatoms. The third-order valence-corrected chi connectivity index (χ3v) is 3.31. The maximum atomic E-state index is 11.3. The Bertz CT molecular complexity index is 296. The van der Waals surface area contributed by atoms with Crippen molar-refractivity contribution in [1.82, 2.24) is 10.2 Å². The van der Waals surface area contributed by atoms with Gasteiger partial charge in [-0.05, 0) is 25.7 Å². The van der Waals surface area contributed by atoms with Crippen LogP contribution in [0.15, 0.2) is 5.16 Å². The molecule has 1 saturated carbocycles. The van der Waals surface area contributed by atoms with Gasteiger partial charge in [0.15, 0.2) is 0 Å². The van der Waals surface area contributed by atoms with Crippen molar-refractivity contribution in [3.05, 3.63) is 0 Å². The number of carbonyl (C=O) groups is 1. The van der Waals surface area contributed by atoms with Gasteiger partial charge < -0.3 is 20.2 Å². The summed E-state index contributed by atoms with van der Waals surface area (Å²) in [7, 11) is 0. The van der Waals surface area contributed by atoms with Gasteiger partial charge in [-0.15, -0.1) is 0 Å². The molecular formula is C11H19N3O3. The summed E-state index contributed by atoms with van der Waals surface area (Å²) >= 11 is 0. The number of urea groups is 1. The van der Waals surface area contributed by atoms with E-state index in [0.29, 0.717) is 13.2 Å². The van der Waals surface area contributed by atoms with Crippen LogP contribution < -0.4 is 5.32 Å². The van der Waals surface area contributed by atoms with Crippen molar-refractivity contribution in [2.24, 2.45) is 5.16 Å². The molecule has 0 aromatic carbocycles. The lowest BCUT2D eigenvalue weighted by molar-refractivity contribution is 0.0324. The molecule has 0 radical (unpaired) electrons. The summed E-state index contributed by atoms with van der Waals surface area (Å²) in [5.41, 5.74) is 0.865. The fourth-order valence-corrected chi connectivity index (χ4v) is 2.25. The number of hydrogen-bond acceptors (Lipinski definition) is 4. The van der Waals surface area contributed by atoms with Crippen LogP contribution in [0.25, 0.3) is 0 Å². The largest absolute Gasteiger partial charge is 0.411 e. The summed E-state index contributed by atoms with van der Waals surface area (Å²) < 4.78 is 5.73. The van der Waals surface area contributed by atoms with Crippen molar-refractivity contribution in [3.8, 4) is 0 Å². The van der Waals surface area contributed by atoms with Crippen LogP contribution >= 0.6 is 0 Å². The Morgan fingerprint density at radius 1 is 1.47 bits per heavy atom. The first-order chi connectivity index (χ1) is 8.29. The van der Waals surface area contributed by atoms with Gasteiger partial charge in [-0.1, -0.05) is 5.16 Å². The molecule has 1 heterocycles. The van der Waals surface area contributed by atoms with Crippen LogP contribution in [0.1, 0.15) is 25.7 Å². The predicted molar refractivity (Wildman–Crippen MR) is 62.4 cm³/mol. The van der Waals surface area contributed by atoms with Gasteiger partial charge in [-0.2, -0.15) is 0 Å². The van der Waals surface area contributed by atoms with E-state index in [4.69, 9.17) is 9.94 Å². The molecule has 17 heavy (non-hydrogen) atoms. The standard InChI is InChI=1S/C11H19N3O3/c15-11-12-5-6-14(11)7-8-17-10-3-1-9(13-16)2-4-10/h10,16H,1-8H2,(H,12,15). The highest BCUT2D eigenvalue weighted by Gasteiger charge is 2.21. The normalized spacial score (nSPS) is 24.9. The predicted octanol–water partition coefficient (Wildman–Crippen LogP) is 0.801. The first kappa shape index (κ1) is 12.2. The number of rotatable bonds is 4. The van der Waals surface area contributed by atoms with Crippen LogP contribution in [0.3, 0.4) is 0 Å². The minimum atomic E-state index is 0.00643. The molecule has 2 N–H and O–H groups in total. The molecule has 0 aromatic heterocycles. The topological polar surface area (TPSA) is 74.2 Å². The number of nitrogens with one attached hydrogen (secondary N) is 1. The lowest BCUT2D eigenvalue weighted by Crippen LogP contribution is -2.33. The highest BCUT2D eigenvalue weighted by molar-refractivity contribution is 5.84. The monoisotopic (exact) mass is 241 g/mol. The van der Waals surface area contributed by atoms with Crippen LogP contribution in [0, 0.1) is 0 Å². The Labute approximate surface area is 101 Å². The molecule has 1 aliphatic carbocycles. The molecule has 0 atom stereocenters. The summed E-state index contributed by atoms with van der Waals surface area (Å²) in [6.07, 6.45) is 3.68. The third-order valence-electron chi connectivity index (χ3n) is 3.31. The Balaban J connectivity index is 1.61. The molecule has 2 rings (SSSR count). The number of hydrogen-bond donors (Lipinski definition) is 2. The van der Waals surface area contributed by atoms with Gasteiger partial charge in [0, 0.05) is 19.6 Å². The summed E-state index contributed by atoms with van der Waals surface area (Å²) in [4.78, 5) is 13.0. The molecule has 96 valence electrons. The van der Waals surface area contributed by atoms with E-state index in [0.717, 1.165) is 44.5 Å². The molecule has 0 unspecified atom stereocenters. The molecule has 1 aliphatic heterocycles. The van der Waals surface area contributed by atoms with Gasteiger partial charge in [0.1, 0.15) is 0 Å². The van der Waals surface area contributed by atoms with Gasteiger partial charge in [0.25, 0.3) is 0 Å². The lowest BCUT2D eigenvalue weighted by atomic mass is 9.96. The molecule has 0 aromatic rings. The van der Waals surface area contributed by atoms with E-state index in [2.05, 4.69) is 10.5 Å². The first-order valence-electron chi connectivity index (χ1n) is 6.14. The van der Waals surface area contributed by atoms with Crippen molar-refractivity contribution >= 4 is 11.7 Å². The summed E-state index contributed by atoms with van der Waals surface area (Å²) in [6, 6.07) is 0.00643. The van der Waals surface area contributed by atoms with Crippen LogP contribution in [0.4, 0.5) is 4.79 Å². The highest BCUT2D eigenvalue weighted by Crippen LogP contribution is 2.18. The second kappa shape index (κ2) is 5.86. The van der Waals surface area contributed by atoms with Crippen molar-refractivity contribution < 1.29 is 14.7 Å². The van der Waals surface area contributed by atoms with Crippen molar-refractivity contribution in [2.45, 2.75) is 31.8 Å². The maximum Gasteiger partial charge on any atom is 0.317 e. The quantitative estimate of drug-likeness (QED) is 0.565. The minimum absolute atomic E-state index is 0.00643. The van der Waals surface area contributed by atoms with E-state index >= 15 is 0 Å². The van der Waals surface area contributed by atoms with Gasteiger partial charge in [-0.3, -0.25) is 0 Å². The zero-order chi connectivity index (χ0) is 12.1. The Hall–Kier alpha value is -1.30. The maximum absolute atomic E-state index is 11.3. The zero-order valence-corrected chi connectivity index (χ0v) is 9.89. The van der Waals surface area contributed by atoms with Gasteiger partial charge in [0.05, 0.1) is 18.4 Å². The average molecular weight is 241 g/mol. The second-order valence-electron chi connectivity index (χ2n) is 4.46. The lowest BCUT2D eigenvalue weighted by Gasteiger charge is -2.23. The fraction of sp³-hybridized carbons (Fsp3) is 0.818. The molecule has 6 nitrogen and oxygen atoms in total. The van der Waals surface area contributed by atoms with Crippen molar-refractivity contribution in [3.63, 3.8) is 0 Å².